The van der Waals surface area contributed by atoms with Gasteiger partial charge in [0, 0.05) is 19.3 Å². The Balaban J connectivity index is 2.79. The zero-order chi connectivity index (χ0) is 60.3. The van der Waals surface area contributed by atoms with Gasteiger partial charge < -0.3 is 39.0 Å². The number of rotatable bonds is 51. The number of unbranched alkanes of at least 4 members (excludes halogenated alkanes) is 11. The average molecular weight is 1150 g/mol. The van der Waals surface area contributed by atoms with Crippen LogP contribution in [-0.2, 0) is 42.9 Å². The van der Waals surface area contributed by atoms with Gasteiger partial charge in [0.2, 0.25) is 0 Å². The molecule has 0 aliphatic carbocycles. The molecule has 1 aliphatic rings. The summed E-state index contributed by atoms with van der Waals surface area (Å²) >= 11 is 0. The van der Waals surface area contributed by atoms with Gasteiger partial charge in [-0.2, -0.15) is 0 Å². The van der Waals surface area contributed by atoms with Crippen molar-refractivity contribution < 1.29 is 58.2 Å². The first-order chi connectivity index (χ1) is 40.6. The molecule has 1 fully saturated rings. The number of hydrogen-bond donors (Lipinski definition) is 3. The Hall–Kier alpha value is -5.66. The highest BCUT2D eigenvalue weighted by Gasteiger charge is 2.50. The Morgan fingerprint density at radius 2 is 0.783 bits per heavy atom. The van der Waals surface area contributed by atoms with Crippen LogP contribution in [0.1, 0.15) is 213 Å². The van der Waals surface area contributed by atoms with Gasteiger partial charge in [0.05, 0.1) is 6.61 Å². The molecular weight excluding hydrogens is 1040 g/mol. The molecule has 6 unspecified atom stereocenters. The largest absolute Gasteiger partial charge is 0.479 e. The Kier molecular flexibility index (Phi) is 51.6. The molecule has 1 aliphatic heterocycles. The summed E-state index contributed by atoms with van der Waals surface area (Å²) in [7, 11) is 0. The Labute approximate surface area is 501 Å². The van der Waals surface area contributed by atoms with E-state index in [1.54, 1.807) is 0 Å². The molecule has 0 aromatic heterocycles. The number of ether oxygens (including phenoxy) is 5. The van der Waals surface area contributed by atoms with Gasteiger partial charge in [-0.15, -0.1) is 0 Å². The number of allylic oxidation sites excluding steroid dienone is 26. The van der Waals surface area contributed by atoms with Crippen LogP contribution in [0.15, 0.2) is 158 Å². The molecule has 12 nitrogen and oxygen atoms in total. The SMILES string of the molecule is CC/C=C\C/C=C\C/C=C\C/C=C\C/C=C\C/C=C\CCC(=O)OCC(COC1OC(C(=O)O)C(O)C(O)C1OC(=O)CCCCCCC/C=C\CCCCCCCC)OC(=O)CC/C=C\C/C=C\C/C=C\C/C=C\C/C=C\C/C=C\CC. The molecule has 464 valence electrons. The minimum atomic E-state index is -1.94. The second-order valence-corrected chi connectivity index (χ2v) is 20.6. The van der Waals surface area contributed by atoms with Crippen molar-refractivity contribution in [2.24, 2.45) is 0 Å². The van der Waals surface area contributed by atoms with Gasteiger partial charge in [0.1, 0.15) is 18.8 Å². The highest BCUT2D eigenvalue weighted by Crippen LogP contribution is 2.26. The van der Waals surface area contributed by atoms with Gasteiger partial charge >= 0.3 is 23.9 Å². The second-order valence-electron chi connectivity index (χ2n) is 20.6. The summed E-state index contributed by atoms with van der Waals surface area (Å²) in [5.41, 5.74) is 0. The predicted molar refractivity (Wildman–Crippen MR) is 339 cm³/mol. The maximum absolute atomic E-state index is 13.2. The van der Waals surface area contributed by atoms with Crippen molar-refractivity contribution in [3.05, 3.63) is 158 Å². The summed E-state index contributed by atoms with van der Waals surface area (Å²) in [5, 5.41) is 31.5. The average Bonchev–Trinajstić information content (AvgIpc) is 3.58. The second kappa shape index (κ2) is 56.8. The zero-order valence-corrected chi connectivity index (χ0v) is 51.1. The summed E-state index contributed by atoms with van der Waals surface area (Å²) in [5.74, 6) is -3.38. The quantitative estimate of drug-likeness (QED) is 0.0228. The molecule has 1 heterocycles. The van der Waals surface area contributed by atoms with Gasteiger partial charge in [-0.1, -0.05) is 230 Å². The van der Waals surface area contributed by atoms with Crippen LogP contribution in [0.2, 0.25) is 0 Å². The third kappa shape index (κ3) is 46.4. The van der Waals surface area contributed by atoms with Gasteiger partial charge in [0.15, 0.2) is 24.6 Å². The minimum Gasteiger partial charge on any atom is -0.479 e. The van der Waals surface area contributed by atoms with Crippen LogP contribution in [0.4, 0.5) is 0 Å². The zero-order valence-electron chi connectivity index (χ0n) is 51.1. The van der Waals surface area contributed by atoms with E-state index in [1.807, 2.05) is 24.3 Å². The first-order valence-corrected chi connectivity index (χ1v) is 31.5. The van der Waals surface area contributed by atoms with Gasteiger partial charge in [0.25, 0.3) is 0 Å². The normalized spacial score (nSPS) is 18.7. The molecule has 0 bridgehead atoms. The Morgan fingerprint density at radius 3 is 1.20 bits per heavy atom. The van der Waals surface area contributed by atoms with E-state index in [4.69, 9.17) is 23.7 Å². The molecule has 0 amide bonds. The molecule has 0 aromatic carbocycles. The van der Waals surface area contributed by atoms with E-state index in [0.29, 0.717) is 32.1 Å². The Morgan fingerprint density at radius 1 is 0.410 bits per heavy atom. The highest BCUT2D eigenvalue weighted by atomic mass is 16.7. The first kappa shape index (κ1) is 75.4. The van der Waals surface area contributed by atoms with Crippen LogP contribution in [0, 0.1) is 0 Å². The number of esters is 3. The van der Waals surface area contributed by atoms with Crippen LogP contribution >= 0.6 is 0 Å². The van der Waals surface area contributed by atoms with Crippen molar-refractivity contribution in [1.82, 2.24) is 0 Å². The Bertz CT molecular complexity index is 2050. The number of aliphatic hydroxyl groups is 2. The van der Waals surface area contributed by atoms with Gasteiger partial charge in [-0.3, -0.25) is 14.4 Å². The van der Waals surface area contributed by atoms with E-state index in [2.05, 4.69) is 154 Å². The smallest absolute Gasteiger partial charge is 0.335 e. The van der Waals surface area contributed by atoms with Gasteiger partial charge in [-0.05, 0) is 122 Å². The van der Waals surface area contributed by atoms with E-state index >= 15 is 0 Å². The van der Waals surface area contributed by atoms with Crippen molar-refractivity contribution in [3.8, 4) is 0 Å². The molecule has 6 atom stereocenters. The minimum absolute atomic E-state index is 0.0117. The highest BCUT2D eigenvalue weighted by molar-refractivity contribution is 5.74. The molecule has 12 heteroatoms. The number of carboxylic acids is 1. The van der Waals surface area contributed by atoms with Crippen molar-refractivity contribution in [2.45, 2.75) is 250 Å². The van der Waals surface area contributed by atoms with Gasteiger partial charge in [-0.25, -0.2) is 4.79 Å². The molecule has 0 saturated carbocycles. The van der Waals surface area contributed by atoms with E-state index in [9.17, 15) is 34.5 Å². The fourth-order valence-corrected chi connectivity index (χ4v) is 8.35. The summed E-state index contributed by atoms with van der Waals surface area (Å²) in [4.78, 5) is 51.2. The number of hydrogen-bond acceptors (Lipinski definition) is 11. The standard InChI is InChI=1S/C71H108O12/c1-4-7-10-13-16-19-22-25-28-30-32-34-37-39-42-45-48-51-54-57-63(72)79-60-62(81-64(73)58-55-52-49-46-43-41-38-35-33-31-29-26-23-20-17-14-11-8-5-2)61-80-71-69(67(76)66(75)68(83-71)70(77)78)82-65(74)59-56-53-50-47-44-40-36-27-24-21-18-15-12-9-6-3/h7-8,10-11,16-17,19-20,25-29,32-36,39,41-43,48-49,51-52,62,66-69,71,75-76H,4-6,9,12-15,18,21-24,30-31,37-38,40,44-47,50,53-61H2,1-3H3,(H,77,78)/b10-7-,11-8-,19-16-,20-17-,28-25-,29-26-,34-32-,35-33-,36-27-,42-39-,43-41-,51-48-,52-49-. The summed E-state index contributed by atoms with van der Waals surface area (Å²) in [6, 6.07) is 0. The lowest BCUT2D eigenvalue weighted by Crippen LogP contribution is -2.61. The molecule has 83 heavy (non-hydrogen) atoms. The molecule has 3 N–H and O–H groups in total. The number of carbonyl (C=O) groups excluding carboxylic acids is 3. The number of aliphatic hydroxyl groups excluding tert-OH is 2. The topological polar surface area (TPSA) is 175 Å². The number of aliphatic carboxylic acids is 1. The third-order valence-corrected chi connectivity index (χ3v) is 13.1. The predicted octanol–water partition coefficient (Wildman–Crippen LogP) is 16.9. The van der Waals surface area contributed by atoms with Crippen LogP contribution < -0.4 is 0 Å². The summed E-state index contributed by atoms with van der Waals surface area (Å²) in [6.07, 6.45) is 70.9. The molecule has 1 rings (SSSR count). The van der Waals surface area contributed by atoms with E-state index in [-0.39, 0.29) is 19.3 Å². The maximum Gasteiger partial charge on any atom is 0.335 e. The van der Waals surface area contributed by atoms with Crippen LogP contribution in [0.3, 0.4) is 0 Å². The molecule has 0 spiro atoms. The lowest BCUT2D eigenvalue weighted by Gasteiger charge is -2.40. The van der Waals surface area contributed by atoms with E-state index < -0.39 is 73.9 Å². The van der Waals surface area contributed by atoms with Crippen LogP contribution in [-0.4, -0.2) is 89.2 Å². The van der Waals surface area contributed by atoms with Crippen molar-refractivity contribution in [3.63, 3.8) is 0 Å². The fourth-order valence-electron chi connectivity index (χ4n) is 8.35. The maximum atomic E-state index is 13.2. The van der Waals surface area contributed by atoms with Crippen LogP contribution in [0.25, 0.3) is 0 Å². The molecule has 0 radical (unpaired) electrons. The first-order valence-electron chi connectivity index (χ1n) is 31.5. The van der Waals surface area contributed by atoms with E-state index in [1.165, 1.54) is 38.5 Å². The van der Waals surface area contributed by atoms with Crippen molar-refractivity contribution >= 4 is 23.9 Å². The van der Waals surface area contributed by atoms with Crippen LogP contribution in [0.5, 0.6) is 0 Å². The third-order valence-electron chi connectivity index (χ3n) is 13.1. The molecule has 1 saturated heterocycles. The summed E-state index contributed by atoms with van der Waals surface area (Å²) in [6.45, 7) is 5.62. The van der Waals surface area contributed by atoms with Crippen molar-refractivity contribution in [2.75, 3.05) is 13.2 Å². The number of carbonyl (C=O) groups is 4. The van der Waals surface area contributed by atoms with Crippen molar-refractivity contribution in [1.29, 1.82) is 0 Å². The monoisotopic (exact) mass is 1150 g/mol. The lowest BCUT2D eigenvalue weighted by molar-refractivity contribution is -0.301. The summed E-state index contributed by atoms with van der Waals surface area (Å²) < 4.78 is 28.3. The van der Waals surface area contributed by atoms with E-state index in [0.717, 1.165) is 103 Å². The lowest BCUT2D eigenvalue weighted by atomic mass is 9.98. The number of carboxylic acid groups (broad SMARTS) is 1. The fraction of sp³-hybridized carbons (Fsp3) is 0.577. The molecular formula is C71H108O12. The molecule has 0 aromatic rings.